The van der Waals surface area contributed by atoms with Crippen LogP contribution in [0.4, 0.5) is 4.39 Å². The van der Waals surface area contributed by atoms with Crippen molar-refractivity contribution in [3.63, 3.8) is 0 Å². The van der Waals surface area contributed by atoms with E-state index in [1.165, 1.54) is 25.0 Å². The summed E-state index contributed by atoms with van der Waals surface area (Å²) in [6, 6.07) is 5.51. The Morgan fingerprint density at radius 3 is 2.63 bits per heavy atom. The van der Waals surface area contributed by atoms with Crippen molar-refractivity contribution in [2.75, 3.05) is 33.4 Å². The van der Waals surface area contributed by atoms with Crippen LogP contribution in [0, 0.1) is 11.7 Å². The maximum Gasteiger partial charge on any atom is 0.225 e. The Bertz CT molecular complexity index is 683. The highest BCUT2D eigenvalue weighted by atomic mass is 19.1. The van der Waals surface area contributed by atoms with Crippen LogP contribution in [0.5, 0.6) is 0 Å². The first-order chi connectivity index (χ1) is 13.0. The number of carbonyl (C=O) groups is 3. The van der Waals surface area contributed by atoms with Crippen molar-refractivity contribution in [3.8, 4) is 0 Å². The Morgan fingerprint density at radius 1 is 1.26 bits per heavy atom. The summed E-state index contributed by atoms with van der Waals surface area (Å²) < 4.78 is 19.6. The highest BCUT2D eigenvalue weighted by Crippen LogP contribution is 2.37. The third-order valence-electron chi connectivity index (χ3n) is 4.60. The molecule has 3 amide bonds. The highest BCUT2D eigenvalue weighted by molar-refractivity contribution is 5.85. The molecule has 2 rings (SSSR count). The third kappa shape index (κ3) is 5.50. The van der Waals surface area contributed by atoms with E-state index >= 15 is 0 Å². The minimum Gasteiger partial charge on any atom is -0.383 e. The summed E-state index contributed by atoms with van der Waals surface area (Å²) in [6.45, 7) is 2.56. The van der Waals surface area contributed by atoms with Crippen molar-refractivity contribution in [1.82, 2.24) is 15.5 Å². The number of nitrogens with zero attached hydrogens (tertiary/aromatic N) is 1. The van der Waals surface area contributed by atoms with E-state index in [4.69, 9.17) is 4.74 Å². The number of benzene rings is 1. The molecule has 2 atom stereocenters. The van der Waals surface area contributed by atoms with Gasteiger partial charge in [0, 0.05) is 45.7 Å². The zero-order valence-corrected chi connectivity index (χ0v) is 15.7. The predicted molar refractivity (Wildman–Crippen MR) is 97.1 cm³/mol. The smallest absolute Gasteiger partial charge is 0.225 e. The maximum atomic E-state index is 14.5. The van der Waals surface area contributed by atoms with Gasteiger partial charge in [0.25, 0.3) is 0 Å². The van der Waals surface area contributed by atoms with Gasteiger partial charge in [-0.3, -0.25) is 14.4 Å². The lowest BCUT2D eigenvalue weighted by atomic mass is 9.83. The van der Waals surface area contributed by atoms with Crippen LogP contribution in [0.3, 0.4) is 0 Å². The van der Waals surface area contributed by atoms with Crippen LogP contribution < -0.4 is 10.6 Å². The van der Waals surface area contributed by atoms with Gasteiger partial charge in [0.1, 0.15) is 5.82 Å². The molecule has 1 aliphatic rings. The predicted octanol–water partition coefficient (Wildman–Crippen LogP) is 1.00. The van der Waals surface area contributed by atoms with Gasteiger partial charge >= 0.3 is 0 Å². The molecule has 1 heterocycles. The topological polar surface area (TPSA) is 87.7 Å². The van der Waals surface area contributed by atoms with Crippen LogP contribution in [0.25, 0.3) is 0 Å². The quantitative estimate of drug-likeness (QED) is 0.660. The molecule has 27 heavy (non-hydrogen) atoms. The molecule has 1 aliphatic heterocycles. The summed E-state index contributed by atoms with van der Waals surface area (Å²) >= 11 is 0. The van der Waals surface area contributed by atoms with E-state index in [0.29, 0.717) is 25.1 Å². The number of hydrogen-bond donors (Lipinski definition) is 2. The number of hydrogen-bond acceptors (Lipinski definition) is 4. The molecule has 0 bridgehead atoms. The van der Waals surface area contributed by atoms with Gasteiger partial charge in [-0.2, -0.15) is 0 Å². The Balaban J connectivity index is 2.22. The van der Waals surface area contributed by atoms with E-state index in [1.807, 2.05) is 0 Å². The van der Waals surface area contributed by atoms with E-state index < -0.39 is 17.8 Å². The molecule has 1 aromatic carbocycles. The molecule has 148 valence electrons. The van der Waals surface area contributed by atoms with E-state index in [1.54, 1.807) is 18.2 Å². The van der Waals surface area contributed by atoms with Crippen molar-refractivity contribution < 1.29 is 23.5 Å². The number of likely N-dealkylation sites (tertiary alicyclic amines) is 1. The van der Waals surface area contributed by atoms with E-state index in [0.717, 1.165) is 0 Å². The lowest BCUT2D eigenvalue weighted by Gasteiger charge is -2.40. The molecular weight excluding hydrogens is 353 g/mol. The first kappa shape index (κ1) is 20.8. The van der Waals surface area contributed by atoms with Crippen LogP contribution in [0.2, 0.25) is 0 Å². The van der Waals surface area contributed by atoms with Crippen LogP contribution >= 0.6 is 0 Å². The Labute approximate surface area is 158 Å². The molecule has 1 saturated heterocycles. The van der Waals surface area contributed by atoms with E-state index in [9.17, 15) is 18.8 Å². The van der Waals surface area contributed by atoms with Gasteiger partial charge in [-0.1, -0.05) is 18.2 Å². The number of ether oxygens (including phenoxy) is 1. The zero-order valence-electron chi connectivity index (χ0n) is 15.7. The number of carbonyl (C=O) groups excluding carboxylic acids is 3. The van der Waals surface area contributed by atoms with Gasteiger partial charge in [-0.25, -0.2) is 4.39 Å². The average molecular weight is 379 g/mol. The maximum absolute atomic E-state index is 14.5. The van der Waals surface area contributed by atoms with Crippen molar-refractivity contribution >= 4 is 17.7 Å². The molecule has 7 nitrogen and oxygen atoms in total. The first-order valence-corrected chi connectivity index (χ1v) is 9.00. The number of nitrogens with one attached hydrogen (secondary N) is 2. The summed E-state index contributed by atoms with van der Waals surface area (Å²) in [6.07, 6.45) is 0.561. The molecule has 1 fully saturated rings. The number of piperidine rings is 1. The molecule has 0 saturated carbocycles. The fraction of sp³-hybridized carbons (Fsp3) is 0.526. The van der Waals surface area contributed by atoms with Gasteiger partial charge in [0.05, 0.1) is 18.6 Å². The first-order valence-electron chi connectivity index (χ1n) is 9.00. The molecule has 2 N–H and O–H groups in total. The fourth-order valence-corrected chi connectivity index (χ4v) is 3.34. The molecule has 0 aromatic heterocycles. The molecular formula is C19H26FN3O4. The fourth-order valence-electron chi connectivity index (χ4n) is 3.34. The van der Waals surface area contributed by atoms with Crippen LogP contribution in [-0.4, -0.2) is 56.0 Å². The molecule has 1 aromatic rings. The molecule has 0 unspecified atom stereocenters. The second-order valence-electron chi connectivity index (χ2n) is 6.47. The van der Waals surface area contributed by atoms with Crippen LogP contribution in [-0.2, 0) is 19.1 Å². The number of rotatable bonds is 8. The summed E-state index contributed by atoms with van der Waals surface area (Å²) in [5.41, 5.74) is 0.323. The van der Waals surface area contributed by atoms with Gasteiger partial charge in [0.15, 0.2) is 0 Å². The van der Waals surface area contributed by atoms with Crippen molar-refractivity contribution in [2.24, 2.45) is 5.92 Å². The largest absolute Gasteiger partial charge is 0.383 e. The highest BCUT2D eigenvalue weighted by Gasteiger charge is 2.41. The Kier molecular flexibility index (Phi) is 7.72. The van der Waals surface area contributed by atoms with Gasteiger partial charge < -0.3 is 20.3 Å². The van der Waals surface area contributed by atoms with Crippen molar-refractivity contribution in [2.45, 2.75) is 25.8 Å². The normalized spacial score (nSPS) is 19.7. The van der Waals surface area contributed by atoms with E-state index in [-0.39, 0.29) is 37.2 Å². The summed E-state index contributed by atoms with van der Waals surface area (Å²) in [5, 5.41) is 5.38. The summed E-state index contributed by atoms with van der Waals surface area (Å²) in [5.74, 6) is -1.59. The Morgan fingerprint density at radius 2 is 1.96 bits per heavy atom. The molecule has 0 aliphatic carbocycles. The zero-order chi connectivity index (χ0) is 19.8. The minimum atomic E-state index is -0.691. The molecule has 0 spiro atoms. The third-order valence-corrected chi connectivity index (χ3v) is 4.60. The minimum absolute atomic E-state index is 0.123. The number of halogens is 1. The van der Waals surface area contributed by atoms with Gasteiger partial charge in [-0.05, 0) is 12.5 Å². The van der Waals surface area contributed by atoms with Gasteiger partial charge in [0.2, 0.25) is 17.7 Å². The molecule has 8 heteroatoms. The molecule has 0 radical (unpaired) electrons. The number of amides is 3. The number of methoxy groups -OCH3 is 1. The van der Waals surface area contributed by atoms with Crippen LogP contribution in [0.1, 0.15) is 31.4 Å². The summed E-state index contributed by atoms with van der Waals surface area (Å²) in [7, 11) is 1.53. The lowest BCUT2D eigenvalue weighted by Crippen LogP contribution is -2.50. The Hall–Kier alpha value is -2.48. The lowest BCUT2D eigenvalue weighted by molar-refractivity contribution is -0.144. The second-order valence-corrected chi connectivity index (χ2v) is 6.47. The van der Waals surface area contributed by atoms with Crippen molar-refractivity contribution in [1.29, 1.82) is 0 Å². The summed E-state index contributed by atoms with van der Waals surface area (Å²) in [4.78, 5) is 37.7. The van der Waals surface area contributed by atoms with Gasteiger partial charge in [-0.15, -0.1) is 0 Å². The second kappa shape index (κ2) is 10.0. The van der Waals surface area contributed by atoms with Crippen molar-refractivity contribution in [3.05, 3.63) is 35.6 Å². The standard InChI is InChI=1S/C19H26FN3O4/c1-13(24)21-9-10-22-19(26)15-7-8-17(25)23(11-12-27-2)18(15)14-5-3-4-6-16(14)20/h3-6,15,18H,7-12H2,1-2H3,(H,21,24)(H,22,26)/t15-,18+/m1/s1. The average Bonchev–Trinajstić information content (AvgIpc) is 2.64. The SMILES string of the molecule is COCCN1C(=O)CC[C@@H](C(=O)NCCNC(C)=O)[C@@H]1c1ccccc1F. The van der Waals surface area contributed by atoms with E-state index in [2.05, 4.69) is 10.6 Å². The van der Waals surface area contributed by atoms with Crippen LogP contribution in [0.15, 0.2) is 24.3 Å². The monoisotopic (exact) mass is 379 g/mol.